The molecule has 1 aromatic rings. The Morgan fingerprint density at radius 1 is 1.57 bits per heavy atom. The van der Waals surface area contributed by atoms with Gasteiger partial charge in [0.2, 0.25) is 0 Å². The first-order valence-electron chi connectivity index (χ1n) is 4.47. The molecule has 14 heavy (non-hydrogen) atoms. The van der Waals surface area contributed by atoms with Crippen molar-refractivity contribution in [1.82, 2.24) is 0 Å². The maximum atomic E-state index is 10.3. The Kier molecular flexibility index (Phi) is 4.19. The Labute approximate surface area is 82.8 Å². The molecule has 0 spiro atoms. The molecule has 1 rings (SSSR count). The fourth-order valence-corrected chi connectivity index (χ4v) is 0.919. The molecule has 0 aliphatic carbocycles. The lowest BCUT2D eigenvalue weighted by Crippen LogP contribution is -2.10. The molecule has 0 aliphatic rings. The van der Waals surface area contributed by atoms with Gasteiger partial charge in [-0.15, -0.1) is 0 Å². The highest BCUT2D eigenvalue weighted by molar-refractivity contribution is 5.70. The molecule has 4 nitrogen and oxygen atoms in total. The number of carbonyl (C=O) groups excluding carboxylic acids is 1. The van der Waals surface area contributed by atoms with Crippen LogP contribution in [-0.4, -0.2) is 26.1 Å². The van der Waals surface area contributed by atoms with E-state index in [0.717, 1.165) is 6.42 Å². The summed E-state index contributed by atoms with van der Waals surface area (Å²) in [6, 6.07) is 3.20. The van der Waals surface area contributed by atoms with E-state index in [0.29, 0.717) is 18.8 Å². The van der Waals surface area contributed by atoms with Crippen LogP contribution in [0.25, 0.3) is 0 Å². The van der Waals surface area contributed by atoms with Crippen molar-refractivity contribution in [2.24, 2.45) is 0 Å². The molecule has 1 unspecified atom stereocenters. The minimum Gasteiger partial charge on any atom is -0.465 e. The van der Waals surface area contributed by atoms with Gasteiger partial charge in [0.1, 0.15) is 0 Å². The van der Waals surface area contributed by atoms with E-state index in [1.165, 1.54) is 0 Å². The number of aldehydes is 1. The quantitative estimate of drug-likeness (QED) is 0.655. The Morgan fingerprint density at radius 3 is 2.93 bits per heavy atom. The van der Waals surface area contributed by atoms with E-state index in [1.807, 2.05) is 6.92 Å². The number of hydrogen-bond acceptors (Lipinski definition) is 4. The fraction of sp³-hybridized carbons (Fsp3) is 0.500. The lowest BCUT2D eigenvalue weighted by atomic mass is 10.3. The Morgan fingerprint density at radius 2 is 2.36 bits per heavy atom. The molecule has 0 saturated heterocycles. The maximum Gasteiger partial charge on any atom is 0.284 e. The molecule has 1 aromatic heterocycles. The van der Waals surface area contributed by atoms with Crippen molar-refractivity contribution < 1.29 is 18.7 Å². The lowest BCUT2D eigenvalue weighted by Gasteiger charge is -2.08. The smallest absolute Gasteiger partial charge is 0.284 e. The number of carbonyl (C=O) groups is 1. The van der Waals surface area contributed by atoms with Crippen LogP contribution >= 0.6 is 0 Å². The average Bonchev–Trinajstić information content (AvgIpc) is 2.65. The molecule has 4 heteroatoms. The second kappa shape index (κ2) is 5.44. The fourth-order valence-electron chi connectivity index (χ4n) is 0.919. The van der Waals surface area contributed by atoms with Crippen LogP contribution in [0.3, 0.4) is 0 Å². The van der Waals surface area contributed by atoms with Crippen molar-refractivity contribution in [3.63, 3.8) is 0 Å². The van der Waals surface area contributed by atoms with Gasteiger partial charge in [-0.25, -0.2) is 0 Å². The molecule has 0 amide bonds. The van der Waals surface area contributed by atoms with Gasteiger partial charge in [0.05, 0.1) is 12.7 Å². The van der Waals surface area contributed by atoms with Gasteiger partial charge in [0, 0.05) is 19.6 Å². The summed E-state index contributed by atoms with van der Waals surface area (Å²) in [7, 11) is 1.65. The summed E-state index contributed by atoms with van der Waals surface area (Å²) in [5, 5.41) is 0. The zero-order valence-corrected chi connectivity index (χ0v) is 8.36. The summed E-state index contributed by atoms with van der Waals surface area (Å²) in [4.78, 5) is 10.3. The number of rotatable bonds is 6. The van der Waals surface area contributed by atoms with Crippen LogP contribution in [0.1, 0.15) is 23.9 Å². The number of methoxy groups -OCH3 is 1. The first kappa shape index (κ1) is 10.8. The normalized spacial score (nSPS) is 12.4. The third-order valence-corrected chi connectivity index (χ3v) is 1.89. The van der Waals surface area contributed by atoms with E-state index in [9.17, 15) is 4.79 Å². The largest absolute Gasteiger partial charge is 0.465 e. The number of ether oxygens (including phenoxy) is 2. The Balaban J connectivity index is 2.27. The van der Waals surface area contributed by atoms with Gasteiger partial charge in [-0.1, -0.05) is 0 Å². The van der Waals surface area contributed by atoms with E-state index in [4.69, 9.17) is 13.9 Å². The zero-order chi connectivity index (χ0) is 10.4. The molecule has 78 valence electrons. The van der Waals surface area contributed by atoms with Crippen LogP contribution in [0.4, 0.5) is 0 Å². The number of furan rings is 1. The predicted octanol–water partition coefficient (Wildman–Crippen LogP) is 1.90. The topological polar surface area (TPSA) is 48.7 Å². The molecular formula is C10H14O4. The minimum atomic E-state index is 0.163. The molecule has 0 aliphatic heterocycles. The highest BCUT2D eigenvalue weighted by Gasteiger charge is 2.03. The van der Waals surface area contributed by atoms with Crippen LogP contribution in [-0.2, 0) is 4.74 Å². The standard InChI is InChI=1S/C10H14O4/c1-8(12-2)5-6-13-10-4-3-9(7-11)14-10/h3-4,7-8H,5-6H2,1-2H3. The van der Waals surface area contributed by atoms with E-state index in [1.54, 1.807) is 19.2 Å². The van der Waals surface area contributed by atoms with Crippen LogP contribution in [0, 0.1) is 0 Å². The maximum absolute atomic E-state index is 10.3. The van der Waals surface area contributed by atoms with Gasteiger partial charge in [0.15, 0.2) is 12.0 Å². The summed E-state index contributed by atoms with van der Waals surface area (Å²) < 4.78 is 15.3. The van der Waals surface area contributed by atoms with Crippen LogP contribution < -0.4 is 4.74 Å². The number of hydrogen-bond donors (Lipinski definition) is 0. The van der Waals surface area contributed by atoms with E-state index in [2.05, 4.69) is 0 Å². The van der Waals surface area contributed by atoms with Crippen molar-refractivity contribution >= 4 is 6.29 Å². The van der Waals surface area contributed by atoms with Gasteiger partial charge in [-0.2, -0.15) is 0 Å². The molecular weight excluding hydrogens is 184 g/mol. The summed E-state index contributed by atoms with van der Waals surface area (Å²) in [6.45, 7) is 2.48. The lowest BCUT2D eigenvalue weighted by molar-refractivity contribution is 0.0898. The van der Waals surface area contributed by atoms with E-state index >= 15 is 0 Å². The molecule has 1 atom stereocenters. The van der Waals surface area contributed by atoms with Gasteiger partial charge >= 0.3 is 0 Å². The highest BCUT2D eigenvalue weighted by atomic mass is 16.6. The van der Waals surface area contributed by atoms with Gasteiger partial charge in [0.25, 0.3) is 5.95 Å². The van der Waals surface area contributed by atoms with E-state index < -0.39 is 0 Å². The molecule has 0 aromatic carbocycles. The first-order chi connectivity index (χ1) is 6.76. The second-order valence-corrected chi connectivity index (χ2v) is 2.96. The van der Waals surface area contributed by atoms with Crippen molar-refractivity contribution in [1.29, 1.82) is 0 Å². The van der Waals surface area contributed by atoms with Crippen LogP contribution in [0.15, 0.2) is 16.5 Å². The van der Waals surface area contributed by atoms with Crippen molar-refractivity contribution in [2.75, 3.05) is 13.7 Å². The average molecular weight is 198 g/mol. The van der Waals surface area contributed by atoms with Crippen LogP contribution in [0.5, 0.6) is 5.95 Å². The summed E-state index contributed by atoms with van der Waals surface area (Å²) in [6.07, 6.45) is 1.59. The summed E-state index contributed by atoms with van der Waals surface area (Å²) in [5.74, 6) is 0.648. The monoisotopic (exact) mass is 198 g/mol. The van der Waals surface area contributed by atoms with Crippen LogP contribution in [0.2, 0.25) is 0 Å². The van der Waals surface area contributed by atoms with E-state index in [-0.39, 0.29) is 11.9 Å². The van der Waals surface area contributed by atoms with Gasteiger partial charge in [-0.05, 0) is 13.0 Å². The Bertz CT molecular complexity index is 279. The van der Waals surface area contributed by atoms with Gasteiger partial charge in [-0.3, -0.25) is 4.79 Å². The molecule has 1 heterocycles. The predicted molar refractivity (Wildman–Crippen MR) is 50.7 cm³/mol. The third kappa shape index (κ3) is 3.22. The van der Waals surface area contributed by atoms with Crippen molar-refractivity contribution in [3.05, 3.63) is 17.9 Å². The summed E-state index contributed by atoms with van der Waals surface area (Å²) in [5.41, 5.74) is 0. The molecule has 0 saturated carbocycles. The highest BCUT2D eigenvalue weighted by Crippen LogP contribution is 2.14. The first-order valence-corrected chi connectivity index (χ1v) is 4.47. The molecule has 0 N–H and O–H groups in total. The zero-order valence-electron chi connectivity index (χ0n) is 8.36. The SMILES string of the molecule is COC(C)CCOc1ccc(C=O)o1. The Hall–Kier alpha value is -1.29. The third-order valence-electron chi connectivity index (χ3n) is 1.89. The molecule has 0 bridgehead atoms. The molecule has 0 radical (unpaired) electrons. The van der Waals surface area contributed by atoms with Crippen molar-refractivity contribution in [3.8, 4) is 5.95 Å². The van der Waals surface area contributed by atoms with Gasteiger partial charge < -0.3 is 13.9 Å². The second-order valence-electron chi connectivity index (χ2n) is 2.96. The minimum absolute atomic E-state index is 0.163. The van der Waals surface area contributed by atoms with Crippen molar-refractivity contribution in [2.45, 2.75) is 19.4 Å². The molecule has 0 fully saturated rings. The summed E-state index contributed by atoms with van der Waals surface area (Å²) >= 11 is 0.